The van der Waals surface area contributed by atoms with Gasteiger partial charge in [0.05, 0.1) is 12.3 Å². The second kappa shape index (κ2) is 7.88. The maximum atomic E-state index is 9.60. The van der Waals surface area contributed by atoms with E-state index >= 15 is 0 Å². The van der Waals surface area contributed by atoms with Gasteiger partial charge in [-0.3, -0.25) is 10.7 Å². The second-order valence-electron chi connectivity index (χ2n) is 2.23. The van der Waals surface area contributed by atoms with E-state index in [-0.39, 0.29) is 0 Å². The lowest BCUT2D eigenvalue weighted by Crippen LogP contribution is -2.11. The van der Waals surface area contributed by atoms with Gasteiger partial charge in [-0.25, -0.2) is 4.79 Å². The molecule has 1 aromatic rings. The van der Waals surface area contributed by atoms with Crippen molar-refractivity contribution in [2.45, 2.75) is 6.92 Å². The topological polar surface area (TPSA) is 84.6 Å². The molecule has 1 aromatic carbocycles. The van der Waals surface area contributed by atoms with E-state index in [9.17, 15) is 4.79 Å². The molecule has 0 fully saturated rings. The number of benzene rings is 1. The number of ether oxygens (including phenoxy) is 1. The van der Waals surface area contributed by atoms with Crippen LogP contribution in [0.25, 0.3) is 0 Å². The molecule has 0 atom stereocenters. The van der Waals surface area contributed by atoms with Crippen molar-refractivity contribution in [2.75, 3.05) is 12.1 Å². The van der Waals surface area contributed by atoms with Crippen molar-refractivity contribution in [3.63, 3.8) is 0 Å². The molecule has 0 saturated heterocycles. The molecule has 1 amide bonds. The second-order valence-corrected chi connectivity index (χ2v) is 2.23. The number of nitrogens with two attached hydrogens (primary N) is 1. The quantitative estimate of drug-likeness (QED) is 0.630. The summed E-state index contributed by atoms with van der Waals surface area (Å²) >= 11 is 0. The van der Waals surface area contributed by atoms with Gasteiger partial charge in [-0.2, -0.15) is 0 Å². The molecule has 5 nitrogen and oxygen atoms in total. The summed E-state index contributed by atoms with van der Waals surface area (Å²) < 4.78 is 4.18. The van der Waals surface area contributed by atoms with Gasteiger partial charge in [0.1, 0.15) is 0 Å². The van der Waals surface area contributed by atoms with E-state index < -0.39 is 6.09 Å². The molecule has 0 bridgehead atoms. The van der Waals surface area contributed by atoms with E-state index in [2.05, 4.69) is 10.5 Å². The Bertz CT molecular complexity index is 251. The van der Waals surface area contributed by atoms with Crippen LogP contribution < -0.4 is 11.2 Å². The molecule has 78 valence electrons. The lowest BCUT2D eigenvalue weighted by molar-refractivity contribution is 0.163. The Hall–Kier alpha value is -1.75. The van der Waals surface area contributed by atoms with Crippen LogP contribution in [-0.4, -0.2) is 17.9 Å². The van der Waals surface area contributed by atoms with Gasteiger partial charge in [-0.1, -0.05) is 18.2 Å². The Morgan fingerprint density at radius 1 is 1.50 bits per heavy atom. The molecule has 0 aliphatic carbocycles. The lowest BCUT2D eigenvalue weighted by atomic mass is 10.3. The smallest absolute Gasteiger partial charge is 0.404 e. The van der Waals surface area contributed by atoms with E-state index in [0.29, 0.717) is 12.3 Å². The Balaban J connectivity index is 0.000000255. The molecular weight excluding hydrogens is 184 g/mol. The SMILES string of the molecule is CCOC(N)=O.ONc1ccccc1. The lowest BCUT2D eigenvalue weighted by Gasteiger charge is -1.92. The van der Waals surface area contributed by atoms with Gasteiger partial charge in [0, 0.05) is 0 Å². The fourth-order valence-corrected chi connectivity index (χ4v) is 0.655. The van der Waals surface area contributed by atoms with Gasteiger partial charge >= 0.3 is 6.09 Å². The van der Waals surface area contributed by atoms with Crippen molar-refractivity contribution < 1.29 is 14.7 Å². The number of carbonyl (C=O) groups excluding carboxylic acids is 1. The molecule has 0 spiro atoms. The summed E-state index contributed by atoms with van der Waals surface area (Å²) in [7, 11) is 0. The predicted octanol–water partition coefficient (Wildman–Crippen LogP) is 1.59. The van der Waals surface area contributed by atoms with Gasteiger partial charge in [0.2, 0.25) is 0 Å². The van der Waals surface area contributed by atoms with E-state index in [0.717, 1.165) is 0 Å². The highest BCUT2D eigenvalue weighted by Gasteiger charge is 1.82. The summed E-state index contributed by atoms with van der Waals surface area (Å²) in [5.74, 6) is 0. The van der Waals surface area contributed by atoms with E-state index in [1.54, 1.807) is 19.1 Å². The fraction of sp³-hybridized carbons (Fsp3) is 0.222. The molecule has 1 rings (SSSR count). The molecule has 4 N–H and O–H groups in total. The summed E-state index contributed by atoms with van der Waals surface area (Å²) in [5, 5.41) is 8.29. The van der Waals surface area contributed by atoms with E-state index in [1.165, 1.54) is 0 Å². The van der Waals surface area contributed by atoms with Crippen LogP contribution in [0.4, 0.5) is 10.5 Å². The first-order chi connectivity index (χ1) is 6.70. The van der Waals surface area contributed by atoms with Crippen molar-refractivity contribution in [3.8, 4) is 0 Å². The Kier molecular flexibility index (Phi) is 6.89. The number of hydrogen-bond acceptors (Lipinski definition) is 4. The van der Waals surface area contributed by atoms with Crippen LogP contribution in [0.3, 0.4) is 0 Å². The van der Waals surface area contributed by atoms with Gasteiger partial charge < -0.3 is 10.5 Å². The number of anilines is 1. The molecule has 14 heavy (non-hydrogen) atoms. The average Bonchev–Trinajstić information content (AvgIpc) is 2.20. The minimum atomic E-state index is -0.711. The highest BCUT2D eigenvalue weighted by atomic mass is 16.5. The monoisotopic (exact) mass is 198 g/mol. The third-order valence-electron chi connectivity index (χ3n) is 1.19. The zero-order chi connectivity index (χ0) is 10.8. The number of nitrogens with one attached hydrogen (secondary N) is 1. The summed E-state index contributed by atoms with van der Waals surface area (Å²) in [6, 6.07) is 9.14. The molecule has 0 radical (unpaired) electrons. The van der Waals surface area contributed by atoms with Crippen LogP contribution >= 0.6 is 0 Å². The zero-order valence-electron chi connectivity index (χ0n) is 7.93. The molecule has 0 aliphatic heterocycles. The maximum Gasteiger partial charge on any atom is 0.404 e. The van der Waals surface area contributed by atoms with Gasteiger partial charge in [-0.15, -0.1) is 0 Å². The van der Waals surface area contributed by atoms with Crippen molar-refractivity contribution in [1.29, 1.82) is 0 Å². The van der Waals surface area contributed by atoms with Crippen LogP contribution in [0.5, 0.6) is 0 Å². The first kappa shape index (κ1) is 12.2. The van der Waals surface area contributed by atoms with Crippen LogP contribution in [0, 0.1) is 0 Å². The van der Waals surface area contributed by atoms with Crippen molar-refractivity contribution >= 4 is 11.8 Å². The summed E-state index contributed by atoms with van der Waals surface area (Å²) in [5.41, 5.74) is 7.28. The third kappa shape index (κ3) is 6.93. The van der Waals surface area contributed by atoms with Gasteiger partial charge in [0.15, 0.2) is 0 Å². The Morgan fingerprint density at radius 3 is 2.29 bits per heavy atom. The highest BCUT2D eigenvalue weighted by molar-refractivity contribution is 5.64. The standard InChI is InChI=1S/C6H7NO.C3H7NO2/c8-7-6-4-2-1-3-5-6;1-2-6-3(4)5/h1-5,7-8H;2H2,1H3,(H2,4,5). The number of hydrogen-bond donors (Lipinski definition) is 3. The summed E-state index contributed by atoms with van der Waals surface area (Å²) in [6.07, 6.45) is -0.711. The Labute approximate surface area is 82.4 Å². The largest absolute Gasteiger partial charge is 0.450 e. The number of amides is 1. The normalized spacial score (nSPS) is 8.14. The van der Waals surface area contributed by atoms with Crippen LogP contribution in [0.15, 0.2) is 30.3 Å². The fourth-order valence-electron chi connectivity index (χ4n) is 0.655. The minimum absolute atomic E-state index is 0.356. The first-order valence-corrected chi connectivity index (χ1v) is 4.08. The average molecular weight is 198 g/mol. The number of para-hydroxylation sites is 1. The highest BCUT2D eigenvalue weighted by Crippen LogP contribution is 2.01. The molecule has 0 aliphatic rings. The summed E-state index contributed by atoms with van der Waals surface area (Å²) in [4.78, 5) is 9.60. The zero-order valence-corrected chi connectivity index (χ0v) is 7.93. The van der Waals surface area contributed by atoms with Crippen LogP contribution in [0.2, 0.25) is 0 Å². The number of primary amides is 1. The van der Waals surface area contributed by atoms with Crippen molar-refractivity contribution in [3.05, 3.63) is 30.3 Å². The number of carbonyl (C=O) groups is 1. The molecule has 0 unspecified atom stereocenters. The first-order valence-electron chi connectivity index (χ1n) is 4.08. The van der Waals surface area contributed by atoms with E-state index in [1.807, 2.05) is 23.7 Å². The molecule has 0 aromatic heterocycles. The van der Waals surface area contributed by atoms with E-state index in [4.69, 9.17) is 5.21 Å². The third-order valence-corrected chi connectivity index (χ3v) is 1.19. The molecule has 0 heterocycles. The molecular formula is C9H14N2O3. The van der Waals surface area contributed by atoms with Gasteiger partial charge in [-0.05, 0) is 19.1 Å². The molecule has 0 saturated carbocycles. The Morgan fingerprint density at radius 2 is 2.07 bits per heavy atom. The summed E-state index contributed by atoms with van der Waals surface area (Å²) in [6.45, 7) is 2.06. The van der Waals surface area contributed by atoms with Crippen molar-refractivity contribution in [1.82, 2.24) is 0 Å². The van der Waals surface area contributed by atoms with Crippen LogP contribution in [-0.2, 0) is 4.74 Å². The van der Waals surface area contributed by atoms with Crippen molar-refractivity contribution in [2.24, 2.45) is 5.73 Å². The molecule has 5 heteroatoms. The maximum absolute atomic E-state index is 9.60. The number of rotatable bonds is 2. The predicted molar refractivity (Wildman–Crippen MR) is 53.1 cm³/mol. The minimum Gasteiger partial charge on any atom is -0.450 e. The van der Waals surface area contributed by atoms with Gasteiger partial charge in [0.25, 0.3) is 0 Å². The van der Waals surface area contributed by atoms with Crippen LogP contribution in [0.1, 0.15) is 6.92 Å².